The van der Waals surface area contributed by atoms with Crippen LogP contribution in [-0.4, -0.2) is 27.4 Å². The average molecular weight is 623 g/mol. The van der Waals surface area contributed by atoms with Crippen LogP contribution in [0.1, 0.15) is 51.7 Å². The molecule has 5 rings (SSSR count). The summed E-state index contributed by atoms with van der Waals surface area (Å²) in [6.45, 7) is 12.6. The molecule has 2 aliphatic carbocycles. The number of fused-ring (bicyclic) bond motifs is 2. The Morgan fingerprint density at radius 1 is 0.909 bits per heavy atom. The summed E-state index contributed by atoms with van der Waals surface area (Å²) in [5, 5.41) is 22.7. The van der Waals surface area contributed by atoms with Gasteiger partial charge in [-0.3, -0.25) is 0 Å². The number of hydrogen-bond acceptors (Lipinski definition) is 3. The molecule has 0 spiro atoms. The first-order chi connectivity index (χ1) is 15.0. The first kappa shape index (κ1) is 26.0. The van der Waals surface area contributed by atoms with Gasteiger partial charge < -0.3 is 15.2 Å². The molecule has 3 aromatic rings. The van der Waals surface area contributed by atoms with Gasteiger partial charge in [0.1, 0.15) is 0 Å². The molecule has 2 unspecified atom stereocenters. The second kappa shape index (κ2) is 9.58. The molecule has 3 nitrogen and oxygen atoms in total. The minimum Gasteiger partial charge on any atom is -0.392 e. The monoisotopic (exact) mass is 623 g/mol. The fraction of sp³-hybridized carbons (Fsp3) is 0.483. The molecule has 0 aliphatic heterocycles. The fourth-order valence-electron chi connectivity index (χ4n) is 6.02. The van der Waals surface area contributed by atoms with Crippen LogP contribution in [0.5, 0.6) is 0 Å². The number of aryl methyl sites for hydroxylation is 2. The van der Waals surface area contributed by atoms with E-state index >= 15 is 0 Å². The van der Waals surface area contributed by atoms with Crippen molar-refractivity contribution in [2.24, 2.45) is 22.7 Å². The molecule has 1 heterocycles. The van der Waals surface area contributed by atoms with Gasteiger partial charge in [-0.2, -0.15) is 0 Å². The molecule has 2 aliphatic rings. The van der Waals surface area contributed by atoms with E-state index in [0.29, 0.717) is 5.92 Å². The third-order valence-electron chi connectivity index (χ3n) is 7.53. The number of aliphatic hydroxyl groups excluding tert-OH is 2. The smallest absolute Gasteiger partial charge is 0.0646 e. The van der Waals surface area contributed by atoms with Crippen molar-refractivity contribution < 1.29 is 30.3 Å². The minimum atomic E-state index is -0.329. The van der Waals surface area contributed by atoms with Crippen molar-refractivity contribution in [3.63, 3.8) is 0 Å². The maximum atomic E-state index is 10.2. The molecule has 1 radical (unpaired) electrons. The van der Waals surface area contributed by atoms with Crippen molar-refractivity contribution in [3.05, 3.63) is 65.9 Å². The van der Waals surface area contributed by atoms with Crippen molar-refractivity contribution in [1.29, 1.82) is 0 Å². The van der Waals surface area contributed by atoms with Gasteiger partial charge >= 0.3 is 0 Å². The Morgan fingerprint density at radius 2 is 1.52 bits per heavy atom. The number of aliphatic hydroxyl groups is 2. The molecule has 2 atom stereocenters. The number of hydrogen-bond donors (Lipinski definition) is 2. The third-order valence-corrected chi connectivity index (χ3v) is 7.53. The molecule has 0 amide bonds. The number of aromatic nitrogens is 1. The molecule has 1 aromatic heterocycles. The van der Waals surface area contributed by atoms with E-state index in [-0.39, 0.29) is 49.1 Å². The summed E-state index contributed by atoms with van der Waals surface area (Å²) in [5.41, 5.74) is 4.47. The van der Waals surface area contributed by atoms with Crippen LogP contribution >= 0.6 is 0 Å². The zero-order chi connectivity index (χ0) is 23.3. The summed E-state index contributed by atoms with van der Waals surface area (Å²) in [6, 6.07) is 18.0. The van der Waals surface area contributed by atoms with Crippen molar-refractivity contribution in [2.75, 3.05) is 0 Å². The van der Waals surface area contributed by atoms with Gasteiger partial charge in [0.05, 0.1) is 12.2 Å². The minimum absolute atomic E-state index is 0. The van der Waals surface area contributed by atoms with Gasteiger partial charge in [0.25, 0.3) is 0 Å². The van der Waals surface area contributed by atoms with E-state index in [4.69, 9.17) is 0 Å². The molecule has 179 valence electrons. The Bertz CT molecular complexity index is 1070. The maximum absolute atomic E-state index is 10.2. The predicted octanol–water partition coefficient (Wildman–Crippen LogP) is 6.12. The predicted molar refractivity (Wildman–Crippen MR) is 131 cm³/mol. The van der Waals surface area contributed by atoms with Gasteiger partial charge in [-0.05, 0) is 52.1 Å². The third kappa shape index (κ3) is 5.10. The molecular formula is C29H36IrNO2-. The quantitative estimate of drug-likeness (QED) is 0.322. The molecule has 2 fully saturated rings. The van der Waals surface area contributed by atoms with E-state index in [0.717, 1.165) is 29.7 Å². The molecule has 2 aromatic carbocycles. The summed E-state index contributed by atoms with van der Waals surface area (Å²) in [4.78, 5) is 4.53. The SMILES string of the molecule is CC1(C)CC2CC(C)(C)C(O)C2C1O.Cc1[c-]c(-c2nccc3ccccc23)cc(C)c1.[Ir]. The van der Waals surface area contributed by atoms with E-state index in [9.17, 15) is 10.2 Å². The van der Waals surface area contributed by atoms with Gasteiger partial charge in [-0.25, -0.2) is 0 Å². The van der Waals surface area contributed by atoms with Gasteiger partial charge in [-0.15, -0.1) is 34.9 Å². The van der Waals surface area contributed by atoms with Crippen molar-refractivity contribution in [3.8, 4) is 11.3 Å². The fourth-order valence-corrected chi connectivity index (χ4v) is 6.02. The van der Waals surface area contributed by atoms with E-state index in [1.165, 1.54) is 16.3 Å². The molecule has 33 heavy (non-hydrogen) atoms. The molecule has 4 heteroatoms. The van der Waals surface area contributed by atoms with E-state index in [2.05, 4.69) is 89.0 Å². The standard InChI is InChI=1S/C17H14N.C12H22O2.Ir/c1-12-9-13(2)11-15(10-12)17-16-6-4-3-5-14(16)7-8-18-17;1-11(2)5-7-6-12(3,4)10(14)8(7)9(11)13;/h3-10H,1-2H3;7-10,13-14H,5-6H2,1-4H3;/q-1;;. The van der Waals surface area contributed by atoms with Gasteiger partial charge in [0.2, 0.25) is 0 Å². The second-order valence-electron chi connectivity index (χ2n) is 11.2. The Hall–Kier alpha value is -1.58. The van der Waals surface area contributed by atoms with Crippen LogP contribution in [0.25, 0.3) is 22.0 Å². The van der Waals surface area contributed by atoms with Gasteiger partial charge in [0, 0.05) is 32.2 Å². The summed E-state index contributed by atoms with van der Waals surface area (Å²) >= 11 is 0. The number of pyridine rings is 1. The Balaban J connectivity index is 0.000000186. The van der Waals surface area contributed by atoms with Crippen LogP contribution in [0.3, 0.4) is 0 Å². The van der Waals surface area contributed by atoms with Crippen LogP contribution < -0.4 is 0 Å². The first-order valence-electron chi connectivity index (χ1n) is 11.7. The molecule has 2 saturated carbocycles. The Morgan fingerprint density at radius 3 is 2.09 bits per heavy atom. The van der Waals surface area contributed by atoms with Crippen molar-refractivity contribution in [2.45, 2.75) is 66.6 Å². The topological polar surface area (TPSA) is 53.4 Å². The van der Waals surface area contributed by atoms with Crippen LogP contribution in [-0.2, 0) is 20.1 Å². The maximum Gasteiger partial charge on any atom is 0.0646 e. The van der Waals surface area contributed by atoms with Crippen LogP contribution in [0.2, 0.25) is 0 Å². The Kier molecular flexibility index (Phi) is 7.56. The van der Waals surface area contributed by atoms with Crippen LogP contribution in [0.4, 0.5) is 0 Å². The van der Waals surface area contributed by atoms with E-state index in [1.54, 1.807) is 0 Å². The molecular weight excluding hydrogens is 587 g/mol. The van der Waals surface area contributed by atoms with Crippen LogP contribution in [0.15, 0.2) is 48.7 Å². The summed E-state index contributed by atoms with van der Waals surface area (Å²) in [7, 11) is 0. The number of rotatable bonds is 1. The second-order valence-corrected chi connectivity index (χ2v) is 11.2. The Labute approximate surface area is 212 Å². The molecule has 0 bridgehead atoms. The number of benzene rings is 2. The molecule has 0 saturated heterocycles. The summed E-state index contributed by atoms with van der Waals surface area (Å²) in [6.07, 6.45) is 3.32. The zero-order valence-electron chi connectivity index (χ0n) is 20.5. The zero-order valence-corrected chi connectivity index (χ0v) is 22.9. The van der Waals surface area contributed by atoms with Crippen molar-refractivity contribution in [1.82, 2.24) is 4.98 Å². The normalized spacial score (nSPS) is 26.8. The average Bonchev–Trinajstić information content (AvgIpc) is 3.07. The summed E-state index contributed by atoms with van der Waals surface area (Å²) < 4.78 is 0. The first-order valence-corrected chi connectivity index (χ1v) is 11.7. The van der Waals surface area contributed by atoms with E-state index in [1.807, 2.05) is 12.3 Å². The summed E-state index contributed by atoms with van der Waals surface area (Å²) in [5.74, 6) is 0.630. The van der Waals surface area contributed by atoms with E-state index < -0.39 is 0 Å². The number of nitrogens with zero attached hydrogens (tertiary/aromatic N) is 1. The van der Waals surface area contributed by atoms with Crippen molar-refractivity contribution >= 4 is 10.8 Å². The van der Waals surface area contributed by atoms with Crippen LogP contribution in [0, 0.1) is 42.6 Å². The molecule has 2 N–H and O–H groups in total. The largest absolute Gasteiger partial charge is 0.392 e. The van der Waals surface area contributed by atoms with Gasteiger partial charge in [0.15, 0.2) is 0 Å². The van der Waals surface area contributed by atoms with Gasteiger partial charge in [-0.1, -0.05) is 65.8 Å².